The molecular formula is C24H28N6O2S. The third kappa shape index (κ3) is 4.02. The maximum atomic E-state index is 12.2. The van der Waals surface area contributed by atoms with Crippen LogP contribution in [0.1, 0.15) is 19.8 Å². The number of aryl methyl sites for hydroxylation is 1. The molecule has 0 atom stereocenters. The Balaban J connectivity index is 1.48. The first kappa shape index (κ1) is 21.7. The number of aromatic nitrogens is 3. The highest BCUT2D eigenvalue weighted by Crippen LogP contribution is 2.34. The molecule has 3 N–H and O–H groups in total. The van der Waals surface area contributed by atoms with Crippen molar-refractivity contribution in [2.45, 2.75) is 25.8 Å². The van der Waals surface area contributed by atoms with Gasteiger partial charge in [0.1, 0.15) is 0 Å². The average Bonchev–Trinajstić information content (AvgIpc) is 3.12. The molecule has 0 amide bonds. The van der Waals surface area contributed by atoms with E-state index in [-0.39, 0.29) is 11.8 Å². The zero-order valence-electron chi connectivity index (χ0n) is 18.8. The molecular weight excluding hydrogens is 436 g/mol. The van der Waals surface area contributed by atoms with Crippen LogP contribution in [0.5, 0.6) is 0 Å². The fourth-order valence-corrected chi connectivity index (χ4v) is 5.77. The van der Waals surface area contributed by atoms with E-state index in [4.69, 9.17) is 5.73 Å². The van der Waals surface area contributed by atoms with E-state index in [1.807, 2.05) is 25.4 Å². The molecule has 1 aliphatic heterocycles. The Morgan fingerprint density at radius 3 is 2.64 bits per heavy atom. The van der Waals surface area contributed by atoms with Gasteiger partial charge < -0.3 is 11.1 Å². The van der Waals surface area contributed by atoms with Crippen molar-refractivity contribution in [2.24, 2.45) is 7.05 Å². The van der Waals surface area contributed by atoms with E-state index >= 15 is 0 Å². The molecule has 5 rings (SSSR count). The molecule has 172 valence electrons. The first-order valence-electron chi connectivity index (χ1n) is 11.2. The van der Waals surface area contributed by atoms with Gasteiger partial charge in [-0.2, -0.15) is 5.10 Å². The molecule has 4 aromatic rings. The second kappa shape index (κ2) is 8.31. The van der Waals surface area contributed by atoms with Gasteiger partial charge in [0, 0.05) is 55.0 Å². The van der Waals surface area contributed by atoms with Crippen LogP contribution < -0.4 is 11.1 Å². The van der Waals surface area contributed by atoms with Crippen molar-refractivity contribution in [3.05, 3.63) is 48.8 Å². The lowest BCUT2D eigenvalue weighted by Gasteiger charge is -2.32. The summed E-state index contributed by atoms with van der Waals surface area (Å²) >= 11 is 0. The number of benzene rings is 2. The summed E-state index contributed by atoms with van der Waals surface area (Å²) in [7, 11) is -1.25. The van der Waals surface area contributed by atoms with Crippen LogP contribution in [0.4, 0.5) is 11.5 Å². The zero-order valence-corrected chi connectivity index (χ0v) is 19.6. The summed E-state index contributed by atoms with van der Waals surface area (Å²) in [6, 6.07) is 12.7. The molecule has 2 aromatic carbocycles. The number of hydrogen-bond donors (Lipinski definition) is 2. The molecule has 8 nitrogen and oxygen atoms in total. The van der Waals surface area contributed by atoms with E-state index < -0.39 is 10.0 Å². The first-order chi connectivity index (χ1) is 15.9. The molecule has 0 spiro atoms. The monoisotopic (exact) mass is 464 g/mol. The number of nitrogens with two attached hydrogens (primary N) is 1. The summed E-state index contributed by atoms with van der Waals surface area (Å²) in [5.74, 6) is 0.668. The molecule has 2 aromatic heterocycles. The van der Waals surface area contributed by atoms with Crippen LogP contribution in [0, 0.1) is 0 Å². The van der Waals surface area contributed by atoms with Gasteiger partial charge >= 0.3 is 0 Å². The van der Waals surface area contributed by atoms with Crippen molar-refractivity contribution in [2.75, 3.05) is 29.9 Å². The summed E-state index contributed by atoms with van der Waals surface area (Å²) in [5.41, 5.74) is 10.3. The highest BCUT2D eigenvalue weighted by molar-refractivity contribution is 7.89. The van der Waals surface area contributed by atoms with Gasteiger partial charge in [-0.05, 0) is 66.6 Å². The van der Waals surface area contributed by atoms with E-state index in [2.05, 4.69) is 39.7 Å². The van der Waals surface area contributed by atoms with Crippen LogP contribution in [0.2, 0.25) is 0 Å². The Morgan fingerprint density at radius 2 is 1.88 bits per heavy atom. The second-order valence-electron chi connectivity index (χ2n) is 8.58. The Morgan fingerprint density at radius 1 is 1.09 bits per heavy atom. The minimum Gasteiger partial charge on any atom is -0.382 e. The van der Waals surface area contributed by atoms with Crippen molar-refractivity contribution in [1.29, 1.82) is 0 Å². The van der Waals surface area contributed by atoms with Gasteiger partial charge in [0.05, 0.1) is 11.3 Å². The number of piperidine rings is 1. The predicted octanol–water partition coefficient (Wildman–Crippen LogP) is 3.60. The van der Waals surface area contributed by atoms with Crippen LogP contribution in [0.3, 0.4) is 0 Å². The number of rotatable bonds is 5. The molecule has 0 bridgehead atoms. The molecule has 3 heterocycles. The van der Waals surface area contributed by atoms with Gasteiger partial charge in [-0.15, -0.1) is 0 Å². The number of sulfonamides is 1. The Labute approximate surface area is 193 Å². The molecule has 0 aliphatic carbocycles. The lowest BCUT2D eigenvalue weighted by atomic mass is 9.98. The quantitative estimate of drug-likeness (QED) is 0.467. The summed E-state index contributed by atoms with van der Waals surface area (Å²) < 4.78 is 27.8. The summed E-state index contributed by atoms with van der Waals surface area (Å²) in [6.45, 7) is 2.78. The number of fused-ring (bicyclic) bond motifs is 2. The number of nitrogens with one attached hydrogen (secondary N) is 1. The van der Waals surface area contributed by atoms with Gasteiger partial charge in [0.2, 0.25) is 10.0 Å². The van der Waals surface area contributed by atoms with Crippen LogP contribution in [0.15, 0.2) is 48.8 Å². The van der Waals surface area contributed by atoms with Crippen molar-refractivity contribution in [3.63, 3.8) is 0 Å². The lowest BCUT2D eigenvalue weighted by molar-refractivity contribution is 0.330. The van der Waals surface area contributed by atoms with Crippen LogP contribution in [-0.4, -0.2) is 52.4 Å². The maximum absolute atomic E-state index is 12.2. The predicted molar refractivity (Wildman–Crippen MR) is 134 cm³/mol. The van der Waals surface area contributed by atoms with Gasteiger partial charge in [-0.3, -0.25) is 9.67 Å². The van der Waals surface area contributed by atoms with E-state index in [9.17, 15) is 8.42 Å². The number of anilines is 2. The standard InChI is InChI=1S/C24H28N6O2S/c1-3-33(31,32)30-10-7-19(8-11-30)27-22-14-18(12-17-6-9-26-15-21(17)22)16-4-5-23-20(13-16)24(25)28-29(23)2/h4-6,9,12-15,19,27H,3,7-8,10-11H2,1-2H3,(H2,25,28). The largest absolute Gasteiger partial charge is 0.382 e. The highest BCUT2D eigenvalue weighted by Gasteiger charge is 2.27. The minimum absolute atomic E-state index is 0.148. The van der Waals surface area contributed by atoms with Crippen molar-refractivity contribution in [3.8, 4) is 11.1 Å². The van der Waals surface area contributed by atoms with Gasteiger partial charge in [-0.1, -0.05) is 6.07 Å². The lowest BCUT2D eigenvalue weighted by Crippen LogP contribution is -2.42. The summed E-state index contributed by atoms with van der Waals surface area (Å²) in [4.78, 5) is 4.32. The molecule has 1 aliphatic rings. The van der Waals surface area contributed by atoms with Crippen molar-refractivity contribution < 1.29 is 8.42 Å². The molecule has 1 saturated heterocycles. The molecule has 33 heavy (non-hydrogen) atoms. The topological polar surface area (TPSA) is 106 Å². The van der Waals surface area contributed by atoms with E-state index in [0.29, 0.717) is 18.9 Å². The first-order valence-corrected chi connectivity index (χ1v) is 12.8. The van der Waals surface area contributed by atoms with Gasteiger partial charge in [0.15, 0.2) is 5.82 Å². The smallest absolute Gasteiger partial charge is 0.213 e. The van der Waals surface area contributed by atoms with Crippen LogP contribution >= 0.6 is 0 Å². The Bertz CT molecular complexity index is 1440. The van der Waals surface area contributed by atoms with Crippen molar-refractivity contribution in [1.82, 2.24) is 19.1 Å². The number of nitrogen functional groups attached to an aromatic ring is 1. The Kier molecular flexibility index (Phi) is 5.46. The minimum atomic E-state index is -3.14. The second-order valence-corrected chi connectivity index (χ2v) is 10.8. The number of hydrogen-bond acceptors (Lipinski definition) is 6. The van der Waals surface area contributed by atoms with Crippen LogP contribution in [0.25, 0.3) is 32.8 Å². The summed E-state index contributed by atoms with van der Waals surface area (Å²) in [5, 5.41) is 11.1. The zero-order chi connectivity index (χ0) is 23.2. The molecule has 9 heteroatoms. The molecule has 1 fully saturated rings. The van der Waals surface area contributed by atoms with Gasteiger partial charge in [0.25, 0.3) is 0 Å². The van der Waals surface area contributed by atoms with Crippen LogP contribution in [-0.2, 0) is 17.1 Å². The SMILES string of the molecule is CCS(=O)(=O)N1CCC(Nc2cc(-c3ccc4c(c3)c(N)nn4C)cc3ccncc23)CC1. The third-order valence-electron chi connectivity index (χ3n) is 6.54. The number of nitrogens with zero attached hydrogens (tertiary/aromatic N) is 4. The number of pyridine rings is 1. The fourth-order valence-electron chi connectivity index (χ4n) is 4.64. The van der Waals surface area contributed by atoms with E-state index in [1.54, 1.807) is 22.1 Å². The van der Waals surface area contributed by atoms with E-state index in [0.717, 1.165) is 51.3 Å². The average molecular weight is 465 g/mol. The fraction of sp³-hybridized carbons (Fsp3) is 0.333. The van der Waals surface area contributed by atoms with Gasteiger partial charge in [-0.25, -0.2) is 12.7 Å². The molecule has 0 radical (unpaired) electrons. The maximum Gasteiger partial charge on any atom is 0.213 e. The Hall–Kier alpha value is -3.17. The van der Waals surface area contributed by atoms with E-state index in [1.165, 1.54) is 0 Å². The highest BCUT2D eigenvalue weighted by atomic mass is 32.2. The third-order valence-corrected chi connectivity index (χ3v) is 8.42. The molecule has 0 saturated carbocycles. The van der Waals surface area contributed by atoms with Crippen molar-refractivity contribution >= 4 is 43.2 Å². The normalized spacial score (nSPS) is 15.9. The summed E-state index contributed by atoms with van der Waals surface area (Å²) in [6.07, 6.45) is 5.21. The molecule has 0 unspecified atom stereocenters.